The number of fused-ring (bicyclic) bond motifs is 1. The Morgan fingerprint density at radius 2 is 1.71 bits per heavy atom. The van der Waals surface area contributed by atoms with Crippen molar-refractivity contribution in [1.82, 2.24) is 14.8 Å². The summed E-state index contributed by atoms with van der Waals surface area (Å²) >= 11 is 7.96. The SMILES string of the molecule is O=C(CSc1cccc2cccc(Cl)c12)N1CCN(Cc2ccncc2)CC1. The quantitative estimate of drug-likeness (QED) is 0.586. The first-order valence-electron chi connectivity index (χ1n) is 9.40. The summed E-state index contributed by atoms with van der Waals surface area (Å²) in [5, 5.41) is 2.87. The van der Waals surface area contributed by atoms with Crippen LogP contribution in [-0.4, -0.2) is 52.6 Å². The van der Waals surface area contributed by atoms with E-state index in [4.69, 9.17) is 11.6 Å². The van der Waals surface area contributed by atoms with Crippen LogP contribution in [0.3, 0.4) is 0 Å². The Bertz CT molecular complexity index is 953. The molecule has 28 heavy (non-hydrogen) atoms. The highest BCUT2D eigenvalue weighted by Gasteiger charge is 2.21. The molecule has 0 N–H and O–H groups in total. The highest BCUT2D eigenvalue weighted by Crippen LogP contribution is 2.33. The zero-order valence-corrected chi connectivity index (χ0v) is 17.1. The van der Waals surface area contributed by atoms with E-state index in [2.05, 4.69) is 22.0 Å². The van der Waals surface area contributed by atoms with Gasteiger partial charge in [0.1, 0.15) is 0 Å². The Morgan fingerprint density at radius 3 is 2.46 bits per heavy atom. The predicted molar refractivity (Wildman–Crippen MR) is 116 cm³/mol. The molecule has 0 radical (unpaired) electrons. The molecule has 1 aliphatic rings. The minimum absolute atomic E-state index is 0.192. The molecule has 1 fully saturated rings. The van der Waals surface area contributed by atoms with E-state index in [1.807, 2.05) is 53.7 Å². The van der Waals surface area contributed by atoms with Crippen LogP contribution in [0.1, 0.15) is 5.56 Å². The maximum Gasteiger partial charge on any atom is 0.233 e. The van der Waals surface area contributed by atoms with E-state index < -0.39 is 0 Å². The zero-order chi connectivity index (χ0) is 19.3. The van der Waals surface area contributed by atoms with Crippen molar-refractivity contribution in [3.05, 3.63) is 71.5 Å². The lowest BCUT2D eigenvalue weighted by atomic mass is 10.1. The standard InChI is InChI=1S/C22H22ClN3OS/c23-19-5-1-3-18-4-2-6-20(22(18)19)28-16-21(27)26-13-11-25(12-14-26)15-17-7-9-24-10-8-17/h1-10H,11-16H2. The van der Waals surface area contributed by atoms with Gasteiger partial charge in [-0.3, -0.25) is 14.7 Å². The van der Waals surface area contributed by atoms with Crippen molar-refractivity contribution in [3.8, 4) is 0 Å². The van der Waals surface area contributed by atoms with Gasteiger partial charge in [0.2, 0.25) is 5.91 Å². The zero-order valence-electron chi connectivity index (χ0n) is 15.6. The molecule has 0 atom stereocenters. The third-order valence-corrected chi connectivity index (χ3v) is 6.40. The van der Waals surface area contributed by atoms with E-state index in [0.717, 1.165) is 53.4 Å². The average Bonchev–Trinajstić information content (AvgIpc) is 2.73. The van der Waals surface area contributed by atoms with Gasteiger partial charge in [0, 0.05) is 60.4 Å². The summed E-state index contributed by atoms with van der Waals surface area (Å²) in [7, 11) is 0. The van der Waals surface area contributed by atoms with Crippen LogP contribution in [-0.2, 0) is 11.3 Å². The molecule has 4 rings (SSSR count). The van der Waals surface area contributed by atoms with E-state index in [1.54, 1.807) is 11.8 Å². The predicted octanol–water partition coefficient (Wildman–Crippen LogP) is 4.32. The highest BCUT2D eigenvalue weighted by atomic mass is 35.5. The van der Waals surface area contributed by atoms with Gasteiger partial charge in [0.15, 0.2) is 0 Å². The Labute approximate surface area is 174 Å². The average molecular weight is 412 g/mol. The van der Waals surface area contributed by atoms with Crippen LogP contribution < -0.4 is 0 Å². The number of amides is 1. The van der Waals surface area contributed by atoms with Gasteiger partial charge in [-0.2, -0.15) is 0 Å². The van der Waals surface area contributed by atoms with Crippen LogP contribution >= 0.6 is 23.4 Å². The van der Waals surface area contributed by atoms with Crippen LogP contribution in [0, 0.1) is 0 Å². The smallest absolute Gasteiger partial charge is 0.233 e. The molecule has 1 aromatic heterocycles. The number of thioether (sulfide) groups is 1. The number of hydrogen-bond acceptors (Lipinski definition) is 4. The second kappa shape index (κ2) is 8.95. The summed E-state index contributed by atoms with van der Waals surface area (Å²) in [6, 6.07) is 16.1. The minimum Gasteiger partial charge on any atom is -0.339 e. The van der Waals surface area contributed by atoms with Gasteiger partial charge in [0.25, 0.3) is 0 Å². The molecule has 2 heterocycles. The molecule has 1 aliphatic heterocycles. The molecule has 0 saturated carbocycles. The van der Waals surface area contributed by atoms with Crippen molar-refractivity contribution in [3.63, 3.8) is 0 Å². The summed E-state index contributed by atoms with van der Waals surface area (Å²) in [6.45, 7) is 4.27. The first kappa shape index (κ1) is 19.2. The fourth-order valence-corrected chi connectivity index (χ4v) is 4.86. The number of rotatable bonds is 5. The molecule has 1 saturated heterocycles. The molecule has 0 unspecified atom stereocenters. The molecule has 6 heteroatoms. The number of carbonyl (C=O) groups excluding carboxylic acids is 1. The number of carbonyl (C=O) groups is 1. The summed E-state index contributed by atoms with van der Waals surface area (Å²) in [6.07, 6.45) is 3.65. The van der Waals surface area contributed by atoms with E-state index in [0.29, 0.717) is 5.75 Å². The number of pyridine rings is 1. The lowest BCUT2D eigenvalue weighted by Gasteiger charge is -2.34. The van der Waals surface area contributed by atoms with Crippen LogP contribution in [0.15, 0.2) is 65.8 Å². The Balaban J connectivity index is 1.32. The summed E-state index contributed by atoms with van der Waals surface area (Å²) < 4.78 is 0. The lowest BCUT2D eigenvalue weighted by Crippen LogP contribution is -2.48. The van der Waals surface area contributed by atoms with Crippen LogP contribution in [0.2, 0.25) is 5.02 Å². The summed E-state index contributed by atoms with van der Waals surface area (Å²) in [5.41, 5.74) is 1.26. The third-order valence-electron chi connectivity index (χ3n) is 5.05. The van der Waals surface area contributed by atoms with Crippen LogP contribution in [0.5, 0.6) is 0 Å². The third kappa shape index (κ3) is 4.49. The maximum absolute atomic E-state index is 12.7. The molecule has 0 spiro atoms. The van der Waals surface area contributed by atoms with E-state index >= 15 is 0 Å². The molecule has 0 bridgehead atoms. The molecule has 3 aromatic rings. The molecule has 4 nitrogen and oxygen atoms in total. The Morgan fingerprint density at radius 1 is 1.00 bits per heavy atom. The number of hydrogen-bond donors (Lipinski definition) is 0. The normalized spacial score (nSPS) is 15.1. The molecule has 144 valence electrons. The molecule has 2 aromatic carbocycles. The number of piperazine rings is 1. The first-order chi connectivity index (χ1) is 13.7. The fourth-order valence-electron chi connectivity index (χ4n) is 3.52. The first-order valence-corrected chi connectivity index (χ1v) is 10.8. The van der Waals surface area contributed by atoms with Crippen LogP contribution in [0.25, 0.3) is 10.8 Å². The topological polar surface area (TPSA) is 36.4 Å². The minimum atomic E-state index is 0.192. The van der Waals surface area contributed by atoms with Gasteiger partial charge in [-0.15, -0.1) is 11.8 Å². The molecule has 0 aliphatic carbocycles. The van der Waals surface area contributed by atoms with Gasteiger partial charge in [-0.05, 0) is 35.2 Å². The van der Waals surface area contributed by atoms with E-state index in [-0.39, 0.29) is 5.91 Å². The number of halogens is 1. The van der Waals surface area contributed by atoms with E-state index in [9.17, 15) is 4.79 Å². The van der Waals surface area contributed by atoms with Crippen molar-refractivity contribution in [2.45, 2.75) is 11.4 Å². The van der Waals surface area contributed by atoms with Gasteiger partial charge < -0.3 is 4.90 Å². The number of benzene rings is 2. The number of aromatic nitrogens is 1. The van der Waals surface area contributed by atoms with Crippen LogP contribution in [0.4, 0.5) is 0 Å². The monoisotopic (exact) mass is 411 g/mol. The van der Waals surface area contributed by atoms with Crippen molar-refractivity contribution in [2.24, 2.45) is 0 Å². The Kier molecular flexibility index (Phi) is 6.15. The van der Waals surface area contributed by atoms with Crippen molar-refractivity contribution < 1.29 is 4.79 Å². The second-order valence-corrected chi connectivity index (χ2v) is 8.32. The van der Waals surface area contributed by atoms with E-state index in [1.165, 1.54) is 5.56 Å². The van der Waals surface area contributed by atoms with Gasteiger partial charge in [0.05, 0.1) is 5.75 Å². The summed E-state index contributed by atoms with van der Waals surface area (Å²) in [4.78, 5) is 22.2. The largest absolute Gasteiger partial charge is 0.339 e. The van der Waals surface area contributed by atoms with Gasteiger partial charge in [-0.1, -0.05) is 35.9 Å². The van der Waals surface area contributed by atoms with Crippen molar-refractivity contribution >= 4 is 40.0 Å². The maximum atomic E-state index is 12.7. The van der Waals surface area contributed by atoms with Crippen molar-refractivity contribution in [1.29, 1.82) is 0 Å². The van der Waals surface area contributed by atoms with Gasteiger partial charge >= 0.3 is 0 Å². The number of nitrogens with zero attached hydrogens (tertiary/aromatic N) is 3. The molecular weight excluding hydrogens is 390 g/mol. The molecule has 1 amide bonds. The van der Waals surface area contributed by atoms with Crippen molar-refractivity contribution in [2.75, 3.05) is 31.9 Å². The van der Waals surface area contributed by atoms with Gasteiger partial charge in [-0.25, -0.2) is 0 Å². The Hall–Kier alpha value is -2.08. The second-order valence-electron chi connectivity index (χ2n) is 6.90. The highest BCUT2D eigenvalue weighted by molar-refractivity contribution is 8.00. The summed E-state index contributed by atoms with van der Waals surface area (Å²) in [5.74, 6) is 0.631. The fraction of sp³-hybridized carbons (Fsp3) is 0.273. The molecular formula is C22H22ClN3OS. The lowest BCUT2D eigenvalue weighted by molar-refractivity contribution is -0.130.